The lowest BCUT2D eigenvalue weighted by Crippen LogP contribution is -2.51. The number of nitrogens with one attached hydrogen (secondary N) is 1. The number of carbonyl (C=O) groups is 1. The van der Waals surface area contributed by atoms with Gasteiger partial charge >= 0.3 is 0 Å². The molecule has 2 atom stereocenters. The largest absolute Gasteiger partial charge is 0.508 e. The highest BCUT2D eigenvalue weighted by Crippen LogP contribution is 2.22. The third-order valence-corrected chi connectivity index (χ3v) is 4.32. The molecule has 5 nitrogen and oxygen atoms in total. The molecule has 2 aliphatic rings. The second-order valence-corrected chi connectivity index (χ2v) is 5.90. The first-order valence-corrected chi connectivity index (χ1v) is 7.60. The average molecular weight is 290 g/mol. The molecule has 2 fully saturated rings. The first kappa shape index (κ1) is 14.4. The molecule has 0 spiro atoms. The van der Waals surface area contributed by atoms with Crippen LogP contribution >= 0.6 is 0 Å². The Morgan fingerprint density at radius 1 is 1.43 bits per heavy atom. The van der Waals surface area contributed by atoms with Crippen molar-refractivity contribution in [3.63, 3.8) is 0 Å². The Morgan fingerprint density at radius 2 is 2.33 bits per heavy atom. The average Bonchev–Trinajstić information content (AvgIpc) is 2.50. The molecule has 2 aliphatic heterocycles. The highest BCUT2D eigenvalue weighted by atomic mass is 16.5. The molecule has 1 amide bonds. The maximum absolute atomic E-state index is 12.0. The second kappa shape index (κ2) is 6.45. The van der Waals surface area contributed by atoms with E-state index in [1.807, 2.05) is 11.0 Å². The molecule has 2 heterocycles. The van der Waals surface area contributed by atoms with Gasteiger partial charge in [-0.1, -0.05) is 12.1 Å². The van der Waals surface area contributed by atoms with Gasteiger partial charge in [0.25, 0.3) is 0 Å². The minimum absolute atomic E-state index is 0.0263. The number of piperidine rings is 1. The lowest BCUT2D eigenvalue weighted by molar-refractivity contribution is -0.153. The van der Waals surface area contributed by atoms with Gasteiger partial charge in [0.1, 0.15) is 12.4 Å². The van der Waals surface area contributed by atoms with E-state index in [9.17, 15) is 9.90 Å². The minimum Gasteiger partial charge on any atom is -0.508 e. The fourth-order valence-electron chi connectivity index (χ4n) is 3.15. The quantitative estimate of drug-likeness (QED) is 0.876. The van der Waals surface area contributed by atoms with Gasteiger partial charge < -0.3 is 20.1 Å². The van der Waals surface area contributed by atoms with E-state index >= 15 is 0 Å². The number of benzene rings is 1. The number of hydrogen-bond donors (Lipinski definition) is 2. The van der Waals surface area contributed by atoms with Crippen molar-refractivity contribution in [3.8, 4) is 5.75 Å². The van der Waals surface area contributed by atoms with Gasteiger partial charge in [-0.05, 0) is 43.0 Å². The van der Waals surface area contributed by atoms with Crippen molar-refractivity contribution in [2.45, 2.75) is 25.5 Å². The van der Waals surface area contributed by atoms with E-state index < -0.39 is 0 Å². The number of ether oxygens (including phenoxy) is 1. The summed E-state index contributed by atoms with van der Waals surface area (Å²) in [6.07, 6.45) is 2.45. The lowest BCUT2D eigenvalue weighted by atomic mass is 9.92. The van der Waals surface area contributed by atoms with Crippen LogP contribution in [0, 0.1) is 5.92 Å². The zero-order valence-electron chi connectivity index (χ0n) is 12.1. The van der Waals surface area contributed by atoms with Crippen LogP contribution in [0.1, 0.15) is 18.4 Å². The number of phenols is 1. The summed E-state index contributed by atoms with van der Waals surface area (Å²) in [6.45, 7) is 3.39. The van der Waals surface area contributed by atoms with Gasteiger partial charge in [-0.15, -0.1) is 0 Å². The Hall–Kier alpha value is -1.59. The van der Waals surface area contributed by atoms with Crippen LogP contribution in [-0.2, 0) is 16.1 Å². The van der Waals surface area contributed by atoms with Gasteiger partial charge in [-0.25, -0.2) is 0 Å². The third-order valence-electron chi connectivity index (χ3n) is 4.32. The van der Waals surface area contributed by atoms with Crippen molar-refractivity contribution in [2.24, 2.45) is 5.92 Å². The molecule has 2 N–H and O–H groups in total. The van der Waals surface area contributed by atoms with Crippen LogP contribution in [0.2, 0.25) is 0 Å². The molecule has 2 unspecified atom stereocenters. The maximum Gasteiger partial charge on any atom is 0.248 e. The fraction of sp³-hybridized carbons (Fsp3) is 0.562. The number of amides is 1. The van der Waals surface area contributed by atoms with Crippen molar-refractivity contribution in [2.75, 3.05) is 26.2 Å². The van der Waals surface area contributed by atoms with Gasteiger partial charge in [-0.3, -0.25) is 4.79 Å². The van der Waals surface area contributed by atoms with Crippen LogP contribution in [0.4, 0.5) is 0 Å². The zero-order valence-corrected chi connectivity index (χ0v) is 12.1. The third kappa shape index (κ3) is 3.54. The maximum atomic E-state index is 12.0. The standard InChI is InChI=1S/C16H22N2O3/c19-14-5-1-3-12(7-14)9-18-10-15(21-11-16(18)20)13-4-2-6-17-8-13/h1,3,5,7,13,15,17,19H,2,4,6,8-11H2. The van der Waals surface area contributed by atoms with Crippen LogP contribution in [0.25, 0.3) is 0 Å². The molecule has 0 saturated carbocycles. The Kier molecular flexibility index (Phi) is 4.41. The predicted molar refractivity (Wildman–Crippen MR) is 78.9 cm³/mol. The second-order valence-electron chi connectivity index (χ2n) is 5.90. The van der Waals surface area contributed by atoms with E-state index in [0.29, 0.717) is 19.0 Å². The Balaban J connectivity index is 1.64. The lowest BCUT2D eigenvalue weighted by Gasteiger charge is -2.38. The van der Waals surface area contributed by atoms with E-state index in [4.69, 9.17) is 4.74 Å². The summed E-state index contributed by atoms with van der Waals surface area (Å²) in [7, 11) is 0. The van der Waals surface area contributed by atoms with Crippen molar-refractivity contribution < 1.29 is 14.6 Å². The van der Waals surface area contributed by atoms with Gasteiger partial charge in [0.05, 0.1) is 6.10 Å². The van der Waals surface area contributed by atoms with Crippen LogP contribution in [-0.4, -0.2) is 48.3 Å². The molecule has 0 aromatic heterocycles. The molecule has 21 heavy (non-hydrogen) atoms. The van der Waals surface area contributed by atoms with Gasteiger partial charge in [0.15, 0.2) is 0 Å². The molecule has 1 aromatic rings. The van der Waals surface area contributed by atoms with Crippen molar-refractivity contribution >= 4 is 5.91 Å². The molecule has 5 heteroatoms. The number of hydrogen-bond acceptors (Lipinski definition) is 4. The molecule has 0 radical (unpaired) electrons. The van der Waals surface area contributed by atoms with E-state index in [0.717, 1.165) is 25.1 Å². The normalized spacial score (nSPS) is 26.9. The molecule has 2 saturated heterocycles. The van der Waals surface area contributed by atoms with Crippen molar-refractivity contribution in [1.82, 2.24) is 10.2 Å². The molecular weight excluding hydrogens is 268 g/mol. The molecule has 1 aromatic carbocycles. The first-order chi connectivity index (χ1) is 10.2. The fourth-order valence-corrected chi connectivity index (χ4v) is 3.15. The topological polar surface area (TPSA) is 61.8 Å². The Morgan fingerprint density at radius 3 is 3.10 bits per heavy atom. The highest BCUT2D eigenvalue weighted by Gasteiger charge is 2.32. The van der Waals surface area contributed by atoms with Crippen LogP contribution in [0.5, 0.6) is 5.75 Å². The highest BCUT2D eigenvalue weighted by molar-refractivity contribution is 5.78. The Labute approximate surface area is 124 Å². The number of nitrogens with zero attached hydrogens (tertiary/aromatic N) is 1. The summed E-state index contributed by atoms with van der Waals surface area (Å²) in [4.78, 5) is 13.9. The summed E-state index contributed by atoms with van der Waals surface area (Å²) >= 11 is 0. The van der Waals surface area contributed by atoms with E-state index in [1.165, 1.54) is 6.42 Å². The van der Waals surface area contributed by atoms with Crippen LogP contribution in [0.3, 0.4) is 0 Å². The molecule has 0 bridgehead atoms. The van der Waals surface area contributed by atoms with Crippen LogP contribution in [0.15, 0.2) is 24.3 Å². The smallest absolute Gasteiger partial charge is 0.248 e. The van der Waals surface area contributed by atoms with Gasteiger partial charge in [0, 0.05) is 19.6 Å². The molecule has 114 valence electrons. The predicted octanol–water partition coefficient (Wildman–Crippen LogP) is 1.12. The summed E-state index contributed by atoms with van der Waals surface area (Å²) in [5.74, 6) is 0.748. The molecular formula is C16H22N2O3. The Bertz CT molecular complexity index is 500. The van der Waals surface area contributed by atoms with E-state index in [2.05, 4.69) is 5.32 Å². The summed E-state index contributed by atoms with van der Waals surface area (Å²) in [6, 6.07) is 7.08. The van der Waals surface area contributed by atoms with E-state index in [-0.39, 0.29) is 24.4 Å². The van der Waals surface area contributed by atoms with Crippen molar-refractivity contribution in [1.29, 1.82) is 0 Å². The minimum atomic E-state index is 0.0263. The van der Waals surface area contributed by atoms with Gasteiger partial charge in [0.2, 0.25) is 5.91 Å². The number of aromatic hydroxyl groups is 1. The number of phenolic OH excluding ortho intramolecular Hbond substituents is 1. The van der Waals surface area contributed by atoms with E-state index in [1.54, 1.807) is 18.2 Å². The summed E-state index contributed by atoms with van der Waals surface area (Å²) in [5.41, 5.74) is 0.950. The number of morpholine rings is 1. The summed E-state index contributed by atoms with van der Waals surface area (Å²) in [5, 5.41) is 12.9. The van der Waals surface area contributed by atoms with Crippen LogP contribution < -0.4 is 5.32 Å². The number of rotatable bonds is 3. The van der Waals surface area contributed by atoms with Crippen molar-refractivity contribution in [3.05, 3.63) is 29.8 Å². The summed E-state index contributed by atoms with van der Waals surface area (Å²) < 4.78 is 5.74. The monoisotopic (exact) mass is 290 g/mol. The molecule has 3 rings (SSSR count). The number of carbonyl (C=O) groups excluding carboxylic acids is 1. The molecule has 0 aliphatic carbocycles. The zero-order chi connectivity index (χ0) is 14.7. The SMILES string of the molecule is O=C1COC(C2CCCNC2)CN1Cc1cccc(O)c1. The first-order valence-electron chi connectivity index (χ1n) is 7.60. The van der Waals surface area contributed by atoms with Gasteiger partial charge in [-0.2, -0.15) is 0 Å².